The van der Waals surface area contributed by atoms with E-state index < -0.39 is 0 Å². The van der Waals surface area contributed by atoms with Crippen LogP contribution < -0.4 is 0 Å². The van der Waals surface area contributed by atoms with E-state index in [0.29, 0.717) is 0 Å². The summed E-state index contributed by atoms with van der Waals surface area (Å²) in [6, 6.07) is 45.5. The topological polar surface area (TPSA) is 0 Å². The van der Waals surface area contributed by atoms with Gasteiger partial charge in [0, 0.05) is 0 Å². The molecule has 0 radical (unpaired) electrons. The lowest BCUT2D eigenvalue weighted by Gasteiger charge is -2.15. The van der Waals surface area contributed by atoms with Gasteiger partial charge in [-0.3, -0.25) is 0 Å². The SMILES string of the molecule is Cc1cccc(-c2ccc(-c3ccc(CCCCCCCCCc4ccc(-c5ccc(-c6cccc(C)c6)c(C)c5C)cc4)cc3)c(C)c2C)c1. The first-order valence-corrected chi connectivity index (χ1v) is 19.3. The molecule has 0 fully saturated rings. The van der Waals surface area contributed by atoms with Crippen LogP contribution in [0.4, 0.5) is 0 Å². The Bertz CT molecular complexity index is 1910. The van der Waals surface area contributed by atoms with Crippen molar-refractivity contribution in [2.24, 2.45) is 0 Å². The molecule has 0 aliphatic carbocycles. The lowest BCUT2D eigenvalue weighted by molar-refractivity contribution is 0.579. The second-order valence-corrected chi connectivity index (χ2v) is 14.9. The van der Waals surface area contributed by atoms with E-state index in [2.05, 4.69) is 163 Å². The van der Waals surface area contributed by atoms with Gasteiger partial charge in [-0.25, -0.2) is 0 Å². The van der Waals surface area contributed by atoms with Crippen molar-refractivity contribution in [1.29, 1.82) is 0 Å². The van der Waals surface area contributed by atoms with Crippen LogP contribution in [0, 0.1) is 41.5 Å². The zero-order valence-corrected chi connectivity index (χ0v) is 31.9. The highest BCUT2D eigenvalue weighted by atomic mass is 14.2. The zero-order valence-electron chi connectivity index (χ0n) is 31.9. The molecule has 0 saturated carbocycles. The van der Waals surface area contributed by atoms with Crippen LogP contribution in [0.2, 0.25) is 0 Å². The minimum Gasteiger partial charge on any atom is -0.0614 e. The van der Waals surface area contributed by atoms with Crippen LogP contribution in [-0.2, 0) is 12.8 Å². The van der Waals surface area contributed by atoms with Gasteiger partial charge in [-0.2, -0.15) is 0 Å². The van der Waals surface area contributed by atoms with Crippen molar-refractivity contribution in [2.45, 2.75) is 99.3 Å². The van der Waals surface area contributed by atoms with Crippen LogP contribution in [0.3, 0.4) is 0 Å². The number of benzene rings is 6. The quantitative estimate of drug-likeness (QED) is 0.101. The molecule has 51 heavy (non-hydrogen) atoms. The fourth-order valence-electron chi connectivity index (χ4n) is 7.76. The lowest BCUT2D eigenvalue weighted by atomic mass is 9.90. The first-order chi connectivity index (χ1) is 24.8. The number of rotatable bonds is 14. The predicted molar refractivity (Wildman–Crippen MR) is 223 cm³/mol. The van der Waals surface area contributed by atoms with Crippen molar-refractivity contribution in [3.05, 3.63) is 166 Å². The van der Waals surface area contributed by atoms with Gasteiger partial charge in [-0.15, -0.1) is 0 Å². The maximum absolute atomic E-state index is 2.34. The average Bonchev–Trinajstić information content (AvgIpc) is 3.14. The lowest BCUT2D eigenvalue weighted by Crippen LogP contribution is -1.93. The van der Waals surface area contributed by atoms with Crippen LogP contribution >= 0.6 is 0 Å². The second-order valence-electron chi connectivity index (χ2n) is 14.9. The summed E-state index contributed by atoms with van der Waals surface area (Å²) in [5, 5.41) is 0. The molecule has 260 valence electrons. The smallest absolute Gasteiger partial charge is 0.0152 e. The molecule has 0 amide bonds. The van der Waals surface area contributed by atoms with Crippen LogP contribution in [0.25, 0.3) is 44.5 Å². The van der Waals surface area contributed by atoms with Gasteiger partial charge >= 0.3 is 0 Å². The highest BCUT2D eigenvalue weighted by Gasteiger charge is 2.12. The first kappa shape index (κ1) is 36.1. The number of hydrogen-bond donors (Lipinski definition) is 0. The molecule has 0 aliphatic rings. The monoisotopic (exact) mass is 668 g/mol. The Morgan fingerprint density at radius 1 is 0.294 bits per heavy atom. The molecule has 0 nitrogen and oxygen atoms in total. The summed E-state index contributed by atoms with van der Waals surface area (Å²) in [6.07, 6.45) is 11.6. The van der Waals surface area contributed by atoms with E-state index in [1.807, 2.05) is 0 Å². The molecule has 0 heterocycles. The molecule has 0 atom stereocenters. The highest BCUT2D eigenvalue weighted by molar-refractivity contribution is 5.78. The van der Waals surface area contributed by atoms with Crippen LogP contribution in [0.15, 0.2) is 121 Å². The third-order valence-corrected chi connectivity index (χ3v) is 11.2. The Hall–Kier alpha value is -4.68. The molecular weight excluding hydrogens is 613 g/mol. The van der Waals surface area contributed by atoms with Gasteiger partial charge in [-0.1, -0.05) is 165 Å². The first-order valence-electron chi connectivity index (χ1n) is 19.3. The largest absolute Gasteiger partial charge is 0.0614 e. The number of aryl methyl sites for hydroxylation is 4. The van der Waals surface area contributed by atoms with E-state index in [0.717, 1.165) is 0 Å². The molecule has 0 N–H and O–H groups in total. The molecule has 0 bridgehead atoms. The average molecular weight is 669 g/mol. The van der Waals surface area contributed by atoms with Crippen LogP contribution in [0.5, 0.6) is 0 Å². The van der Waals surface area contributed by atoms with E-state index in [1.165, 1.54) is 147 Å². The highest BCUT2D eigenvalue weighted by Crippen LogP contribution is 2.35. The molecule has 0 aliphatic heterocycles. The van der Waals surface area contributed by atoms with Gasteiger partial charge < -0.3 is 0 Å². The fourth-order valence-corrected chi connectivity index (χ4v) is 7.76. The zero-order chi connectivity index (χ0) is 35.7. The normalized spacial score (nSPS) is 11.3. The maximum atomic E-state index is 2.34. The van der Waals surface area contributed by atoms with E-state index in [-0.39, 0.29) is 0 Å². The minimum absolute atomic E-state index is 1.18. The molecule has 0 aromatic heterocycles. The van der Waals surface area contributed by atoms with Gasteiger partial charge in [0.25, 0.3) is 0 Å². The van der Waals surface area contributed by atoms with E-state index in [1.54, 1.807) is 0 Å². The predicted octanol–water partition coefficient (Wildman–Crippen LogP) is 14.7. The van der Waals surface area contributed by atoms with Crippen molar-refractivity contribution in [1.82, 2.24) is 0 Å². The fraction of sp³-hybridized carbons (Fsp3) is 0.294. The molecule has 0 heteroatoms. The summed E-state index contributed by atoms with van der Waals surface area (Å²) >= 11 is 0. The second kappa shape index (κ2) is 17.0. The summed E-state index contributed by atoms with van der Waals surface area (Å²) in [5.74, 6) is 0. The van der Waals surface area contributed by atoms with Crippen LogP contribution in [0.1, 0.15) is 89.5 Å². The Labute approximate surface area is 308 Å². The number of unbranched alkanes of at least 4 members (excludes halogenated alkanes) is 6. The van der Waals surface area contributed by atoms with Gasteiger partial charge in [0.2, 0.25) is 0 Å². The summed E-state index contributed by atoms with van der Waals surface area (Å²) in [7, 11) is 0. The third kappa shape index (κ3) is 8.98. The minimum atomic E-state index is 1.18. The standard InChI is InChI=1S/C51H56/c1-36-16-14-20-46(34-36)50-32-30-48(38(3)40(50)5)44-26-22-42(23-27-44)18-12-10-8-7-9-11-13-19-43-24-28-45(29-25-43)49-31-33-51(41(6)39(49)4)47-21-15-17-37(2)35-47/h14-17,20-35H,7-13,18-19H2,1-6H3. The molecule has 6 rings (SSSR count). The summed E-state index contributed by atoms with van der Waals surface area (Å²) < 4.78 is 0. The van der Waals surface area contributed by atoms with E-state index >= 15 is 0 Å². The van der Waals surface area contributed by atoms with Gasteiger partial charge in [0.1, 0.15) is 0 Å². The van der Waals surface area contributed by atoms with Crippen molar-refractivity contribution in [2.75, 3.05) is 0 Å². The summed E-state index contributed by atoms with van der Waals surface area (Å²) in [5.41, 5.74) is 21.6. The maximum Gasteiger partial charge on any atom is -0.0152 e. The Balaban J connectivity index is 0.890. The number of hydrogen-bond acceptors (Lipinski definition) is 0. The van der Waals surface area contributed by atoms with Crippen molar-refractivity contribution < 1.29 is 0 Å². The molecule has 0 spiro atoms. The molecular formula is C51H56. The van der Waals surface area contributed by atoms with Gasteiger partial charge in [-0.05, 0) is 145 Å². The van der Waals surface area contributed by atoms with Crippen molar-refractivity contribution >= 4 is 0 Å². The van der Waals surface area contributed by atoms with Crippen LogP contribution in [-0.4, -0.2) is 0 Å². The third-order valence-electron chi connectivity index (χ3n) is 11.2. The van der Waals surface area contributed by atoms with E-state index in [4.69, 9.17) is 0 Å². The molecule has 0 saturated heterocycles. The Kier molecular flexibility index (Phi) is 12.1. The van der Waals surface area contributed by atoms with Crippen molar-refractivity contribution in [3.8, 4) is 44.5 Å². The van der Waals surface area contributed by atoms with Gasteiger partial charge in [0.15, 0.2) is 0 Å². The molecule has 0 unspecified atom stereocenters. The Morgan fingerprint density at radius 2 is 0.608 bits per heavy atom. The molecule has 6 aromatic carbocycles. The summed E-state index contributed by atoms with van der Waals surface area (Å²) in [6.45, 7) is 13.4. The Morgan fingerprint density at radius 3 is 0.941 bits per heavy atom. The van der Waals surface area contributed by atoms with Gasteiger partial charge in [0.05, 0.1) is 0 Å². The molecule has 6 aromatic rings. The summed E-state index contributed by atoms with van der Waals surface area (Å²) in [4.78, 5) is 0. The van der Waals surface area contributed by atoms with Crippen molar-refractivity contribution in [3.63, 3.8) is 0 Å². The van der Waals surface area contributed by atoms with E-state index in [9.17, 15) is 0 Å².